The van der Waals surface area contributed by atoms with Crippen LogP contribution in [0.5, 0.6) is 0 Å². The van der Waals surface area contributed by atoms with Gasteiger partial charge in [-0.15, -0.1) is 0 Å². The van der Waals surface area contributed by atoms with E-state index in [1.54, 1.807) is 0 Å². The third-order valence-corrected chi connectivity index (χ3v) is 1.09. The molecule has 0 atom stereocenters. The van der Waals surface area contributed by atoms with Crippen molar-refractivity contribution in [3.05, 3.63) is 31.7 Å². The minimum absolute atomic E-state index is 0.287. The average Bonchev–Trinajstić information content (AvgIpc) is 1.96. The van der Waals surface area contributed by atoms with E-state index in [-0.39, 0.29) is 10.8 Å². The van der Waals surface area contributed by atoms with Gasteiger partial charge in [-0.05, 0) is 6.58 Å². The number of hydrogen-bond acceptors (Lipinski definition) is 5. The van der Waals surface area contributed by atoms with Gasteiger partial charge in [0, 0.05) is 0 Å². The molecule has 0 aliphatic rings. The summed E-state index contributed by atoms with van der Waals surface area (Å²) in [6, 6.07) is 0. The van der Waals surface area contributed by atoms with Crippen LogP contribution in [0.2, 0.25) is 0 Å². The molecule has 0 fully saturated rings. The molecule has 0 N–H and O–H groups in total. The second kappa shape index (κ2) is 3.08. The highest BCUT2D eigenvalue weighted by molar-refractivity contribution is 5.08. The molecule has 64 valence electrons. The Hall–Kier alpha value is -1.78. The summed E-state index contributed by atoms with van der Waals surface area (Å²) in [7, 11) is 1.30. The third-order valence-electron chi connectivity index (χ3n) is 1.09. The molecule has 12 heavy (non-hydrogen) atoms. The van der Waals surface area contributed by atoms with Gasteiger partial charge in [0.2, 0.25) is 0 Å². The van der Waals surface area contributed by atoms with Gasteiger partial charge in [-0.25, -0.2) is 9.59 Å². The zero-order chi connectivity index (χ0) is 9.14. The van der Waals surface area contributed by atoms with E-state index in [0.717, 1.165) is 6.26 Å². The minimum Gasteiger partial charge on any atom is -0.503 e. The highest BCUT2D eigenvalue weighted by atomic mass is 16.5. The zero-order valence-corrected chi connectivity index (χ0v) is 6.33. The Balaban J connectivity index is 3.74. The molecule has 0 bridgehead atoms. The lowest BCUT2D eigenvalue weighted by atomic mass is 10.5. The van der Waals surface area contributed by atoms with E-state index in [0.29, 0.717) is 0 Å². The summed E-state index contributed by atoms with van der Waals surface area (Å²) >= 11 is 0. The fourth-order valence-electron chi connectivity index (χ4n) is 0.635. The number of rotatable bonds is 1. The van der Waals surface area contributed by atoms with Gasteiger partial charge in [0.1, 0.15) is 6.26 Å². The van der Waals surface area contributed by atoms with Gasteiger partial charge in [0.25, 0.3) is 5.61 Å². The Labute approximate surface area is 66.2 Å². The second-order valence-electron chi connectivity index (χ2n) is 1.92. The molecule has 1 aromatic rings. The Kier molecular flexibility index (Phi) is 2.14. The van der Waals surface area contributed by atoms with Crippen LogP contribution in [0.15, 0.2) is 18.4 Å². The highest BCUT2D eigenvalue weighted by Crippen LogP contribution is 1.59. The largest absolute Gasteiger partial charge is 0.503 e. The van der Waals surface area contributed by atoms with Crippen LogP contribution in [-0.2, 0) is 4.74 Å². The topological polar surface area (TPSA) is 69.7 Å². The van der Waals surface area contributed by atoms with Gasteiger partial charge in [-0.2, -0.15) is 0 Å². The van der Waals surface area contributed by atoms with E-state index < -0.39 is 11.3 Å². The summed E-state index contributed by atoms with van der Waals surface area (Å²) in [6.45, 7) is 3.16. The predicted molar refractivity (Wildman–Crippen MR) is 39.8 cm³/mol. The normalized spacial score (nSPS) is 9.42. The summed E-state index contributed by atoms with van der Waals surface area (Å²) in [4.78, 5) is 21.7. The molecule has 0 aliphatic heterocycles. The first-order chi connectivity index (χ1) is 5.65. The standard InChI is InChI=1S/C7H6O5/c1-4-11-6(8)5(3-10-2)7(9)12-4/h3H,1H2,2H3. The summed E-state index contributed by atoms with van der Waals surface area (Å²) in [6.07, 6.45) is 0.955. The monoisotopic (exact) mass is 170 g/mol. The predicted octanol–water partition coefficient (Wildman–Crippen LogP) is -1.61. The molecule has 0 unspecified atom stereocenters. The lowest BCUT2D eigenvalue weighted by Crippen LogP contribution is -2.41. The Morgan fingerprint density at radius 1 is 1.33 bits per heavy atom. The molecule has 5 heteroatoms. The van der Waals surface area contributed by atoms with Gasteiger partial charge < -0.3 is 13.6 Å². The quantitative estimate of drug-likeness (QED) is 0.507. The summed E-state index contributed by atoms with van der Waals surface area (Å²) in [5.74, 6) is 0. The number of hydrogen-bond donors (Lipinski definition) is 0. The van der Waals surface area contributed by atoms with E-state index >= 15 is 0 Å². The average molecular weight is 170 g/mol. The van der Waals surface area contributed by atoms with Crippen molar-refractivity contribution in [2.75, 3.05) is 7.11 Å². The van der Waals surface area contributed by atoms with Crippen molar-refractivity contribution in [1.29, 1.82) is 0 Å². The maximum Gasteiger partial charge on any atom is 0.356 e. The molecule has 1 aromatic heterocycles. The zero-order valence-electron chi connectivity index (χ0n) is 6.33. The van der Waals surface area contributed by atoms with E-state index in [1.807, 2.05) is 0 Å². The van der Waals surface area contributed by atoms with Crippen molar-refractivity contribution < 1.29 is 13.6 Å². The molecule has 0 aliphatic carbocycles. The number of methoxy groups -OCH3 is 1. The maximum atomic E-state index is 10.9. The van der Waals surface area contributed by atoms with Crippen LogP contribution in [-0.4, -0.2) is 7.11 Å². The molecular formula is C7H6O5. The van der Waals surface area contributed by atoms with Gasteiger partial charge in [0.05, 0.1) is 7.11 Å². The first kappa shape index (κ1) is 8.32. The fourth-order valence-corrected chi connectivity index (χ4v) is 0.635. The van der Waals surface area contributed by atoms with Gasteiger partial charge >= 0.3 is 11.3 Å². The summed E-state index contributed by atoms with van der Waals surface area (Å²) in [5.41, 5.74) is -1.96. The van der Waals surface area contributed by atoms with Crippen LogP contribution in [0, 0.1) is 0 Å². The van der Waals surface area contributed by atoms with E-state index in [4.69, 9.17) is 0 Å². The second-order valence-corrected chi connectivity index (χ2v) is 1.92. The first-order valence-electron chi connectivity index (χ1n) is 3.01. The lowest BCUT2D eigenvalue weighted by molar-refractivity contribution is 0.283. The first-order valence-corrected chi connectivity index (χ1v) is 3.01. The van der Waals surface area contributed by atoms with Gasteiger partial charge in [-0.3, -0.25) is 0 Å². The molecule has 5 nitrogen and oxygen atoms in total. The van der Waals surface area contributed by atoms with Crippen LogP contribution < -0.4 is 22.1 Å². The van der Waals surface area contributed by atoms with Crippen molar-refractivity contribution in [3.63, 3.8) is 0 Å². The highest BCUT2D eigenvalue weighted by Gasteiger charge is 1.98. The molecule has 0 spiro atoms. The molecule has 0 amide bonds. The van der Waals surface area contributed by atoms with Crippen molar-refractivity contribution >= 4 is 12.8 Å². The number of ether oxygens (including phenoxy) is 1. The lowest BCUT2D eigenvalue weighted by Gasteiger charge is -1.85. The van der Waals surface area contributed by atoms with Crippen molar-refractivity contribution in [2.24, 2.45) is 0 Å². The summed E-state index contributed by atoms with van der Waals surface area (Å²) < 4.78 is 13.3. The van der Waals surface area contributed by atoms with Gasteiger partial charge in [0.15, 0.2) is 5.22 Å². The van der Waals surface area contributed by atoms with Crippen molar-refractivity contribution in [3.8, 4) is 0 Å². The molecule has 0 radical (unpaired) electrons. The molecule has 0 aromatic carbocycles. The van der Waals surface area contributed by atoms with E-state index in [1.165, 1.54) is 7.11 Å². The Morgan fingerprint density at radius 2 is 1.83 bits per heavy atom. The fraction of sp³-hybridized carbons (Fsp3) is 0.143. The SMILES string of the molecule is C=c1oc(=O)c(=COC)c(=O)o1. The smallest absolute Gasteiger partial charge is 0.356 e. The van der Waals surface area contributed by atoms with Crippen LogP contribution in [0.4, 0.5) is 0 Å². The van der Waals surface area contributed by atoms with E-state index in [2.05, 4.69) is 20.2 Å². The third kappa shape index (κ3) is 1.45. The van der Waals surface area contributed by atoms with Crippen LogP contribution in [0.1, 0.15) is 0 Å². The molecule has 0 saturated carbocycles. The molecule has 1 rings (SSSR count). The molecule has 1 heterocycles. The van der Waals surface area contributed by atoms with Gasteiger partial charge in [-0.1, -0.05) is 0 Å². The van der Waals surface area contributed by atoms with Crippen molar-refractivity contribution in [1.82, 2.24) is 0 Å². The maximum absolute atomic E-state index is 10.9. The molecule has 0 saturated heterocycles. The summed E-state index contributed by atoms with van der Waals surface area (Å²) in [5, 5.41) is -0.287. The Morgan fingerprint density at radius 3 is 2.25 bits per heavy atom. The minimum atomic E-state index is -0.821. The van der Waals surface area contributed by atoms with Crippen LogP contribution >= 0.6 is 0 Å². The molecular weight excluding hydrogens is 164 g/mol. The van der Waals surface area contributed by atoms with Crippen LogP contribution in [0.3, 0.4) is 0 Å². The Bertz CT molecular complexity index is 440. The van der Waals surface area contributed by atoms with Crippen molar-refractivity contribution in [2.45, 2.75) is 0 Å². The van der Waals surface area contributed by atoms with Crippen LogP contribution in [0.25, 0.3) is 12.8 Å². The van der Waals surface area contributed by atoms with E-state index in [9.17, 15) is 9.59 Å².